The summed E-state index contributed by atoms with van der Waals surface area (Å²) in [6, 6.07) is 10.6. The Bertz CT molecular complexity index is 864. The lowest BCUT2D eigenvalue weighted by atomic mass is 10.1. The van der Waals surface area contributed by atoms with Crippen LogP contribution in [-0.2, 0) is 6.54 Å². The van der Waals surface area contributed by atoms with Crippen LogP contribution in [0, 0.1) is 0 Å². The van der Waals surface area contributed by atoms with Gasteiger partial charge in [-0.15, -0.1) is 0 Å². The lowest BCUT2D eigenvalue weighted by molar-refractivity contribution is 0.412. The van der Waals surface area contributed by atoms with Crippen LogP contribution in [0.1, 0.15) is 5.56 Å². The fraction of sp³-hybridized carbons (Fsp3) is 0.0667. The van der Waals surface area contributed by atoms with E-state index >= 15 is 0 Å². The van der Waals surface area contributed by atoms with E-state index in [9.17, 15) is 14.7 Å². The zero-order valence-corrected chi connectivity index (χ0v) is 11.8. The van der Waals surface area contributed by atoms with Gasteiger partial charge in [-0.25, -0.2) is 4.79 Å². The van der Waals surface area contributed by atoms with Crippen molar-refractivity contribution in [2.24, 2.45) is 0 Å². The molecule has 5 nitrogen and oxygen atoms in total. The summed E-state index contributed by atoms with van der Waals surface area (Å²) < 4.78 is 1.16. The summed E-state index contributed by atoms with van der Waals surface area (Å²) in [5.41, 5.74) is 0.345. The van der Waals surface area contributed by atoms with Crippen molar-refractivity contribution < 1.29 is 5.11 Å². The lowest BCUT2D eigenvalue weighted by Gasteiger charge is -2.10. The van der Waals surface area contributed by atoms with Crippen LogP contribution in [0.5, 0.6) is 5.88 Å². The van der Waals surface area contributed by atoms with Crippen molar-refractivity contribution in [3.05, 3.63) is 73.6 Å². The molecule has 21 heavy (non-hydrogen) atoms. The predicted molar refractivity (Wildman–Crippen MR) is 81.8 cm³/mol. The molecule has 0 radical (unpaired) electrons. The third-order valence-electron chi connectivity index (χ3n) is 3.16. The Morgan fingerprint density at radius 1 is 1.14 bits per heavy atom. The minimum Gasteiger partial charge on any atom is -0.494 e. The van der Waals surface area contributed by atoms with E-state index in [1.165, 1.54) is 11.3 Å². The summed E-state index contributed by atoms with van der Waals surface area (Å²) in [6.45, 7) is 0.213. The number of thiophene rings is 1. The first-order valence-electron chi connectivity index (χ1n) is 6.29. The number of nitrogens with one attached hydrogen (secondary N) is 1. The monoisotopic (exact) mass is 300 g/mol. The second kappa shape index (κ2) is 5.41. The van der Waals surface area contributed by atoms with Crippen LogP contribution >= 0.6 is 11.3 Å². The van der Waals surface area contributed by atoms with Crippen LogP contribution in [0.25, 0.3) is 11.1 Å². The number of aromatic hydroxyl groups is 1. The molecule has 0 saturated carbocycles. The van der Waals surface area contributed by atoms with Gasteiger partial charge in [-0.05, 0) is 28.0 Å². The number of aromatic nitrogens is 2. The number of rotatable bonds is 3. The molecular formula is C15H12N2O3S. The number of hydrogen-bond acceptors (Lipinski definition) is 4. The van der Waals surface area contributed by atoms with E-state index < -0.39 is 11.2 Å². The van der Waals surface area contributed by atoms with Gasteiger partial charge in [0.25, 0.3) is 5.56 Å². The number of H-pyrrole nitrogens is 1. The molecule has 0 saturated heterocycles. The van der Waals surface area contributed by atoms with Gasteiger partial charge in [0.15, 0.2) is 0 Å². The normalized spacial score (nSPS) is 10.7. The molecule has 3 rings (SSSR count). The second-order valence-corrected chi connectivity index (χ2v) is 5.32. The Morgan fingerprint density at radius 2 is 1.90 bits per heavy atom. The van der Waals surface area contributed by atoms with Crippen LogP contribution < -0.4 is 11.2 Å². The van der Waals surface area contributed by atoms with Crippen molar-refractivity contribution in [1.82, 2.24) is 9.55 Å². The van der Waals surface area contributed by atoms with Gasteiger partial charge in [-0.1, -0.05) is 30.3 Å². The molecule has 0 bridgehead atoms. The molecule has 0 spiro atoms. The zero-order chi connectivity index (χ0) is 14.8. The maximum absolute atomic E-state index is 12.0. The Hall–Kier alpha value is -2.60. The standard InChI is InChI=1S/C15H12N2O3S/c18-13-12(11-4-2-1-3-5-11)14(19)17(15(20)16-13)8-10-6-7-21-9-10/h1-7,9,19H,8H2,(H,16,18,20). The molecule has 3 aromatic rings. The van der Waals surface area contributed by atoms with Crippen LogP contribution in [0.4, 0.5) is 0 Å². The molecule has 0 amide bonds. The van der Waals surface area contributed by atoms with E-state index in [0.29, 0.717) is 5.56 Å². The predicted octanol–water partition coefficient (Wildman–Crippen LogP) is 2.02. The fourth-order valence-electron chi connectivity index (χ4n) is 2.14. The molecule has 0 aliphatic carbocycles. The van der Waals surface area contributed by atoms with Crippen molar-refractivity contribution in [2.75, 3.05) is 0 Å². The third-order valence-corrected chi connectivity index (χ3v) is 3.89. The second-order valence-electron chi connectivity index (χ2n) is 4.54. The van der Waals surface area contributed by atoms with Crippen molar-refractivity contribution in [3.63, 3.8) is 0 Å². The number of aromatic amines is 1. The van der Waals surface area contributed by atoms with Gasteiger partial charge in [-0.2, -0.15) is 11.3 Å². The number of hydrogen-bond donors (Lipinski definition) is 2. The quantitative estimate of drug-likeness (QED) is 0.777. The third kappa shape index (κ3) is 2.53. The van der Waals surface area contributed by atoms with Crippen molar-refractivity contribution in [1.29, 1.82) is 0 Å². The van der Waals surface area contributed by atoms with E-state index in [1.807, 2.05) is 22.9 Å². The van der Waals surface area contributed by atoms with Crippen LogP contribution in [0.3, 0.4) is 0 Å². The van der Waals surface area contributed by atoms with Crippen LogP contribution in [0.15, 0.2) is 56.7 Å². The molecule has 0 aliphatic heterocycles. The highest BCUT2D eigenvalue weighted by molar-refractivity contribution is 7.07. The van der Waals surface area contributed by atoms with E-state index in [0.717, 1.165) is 10.1 Å². The Labute approximate surface area is 123 Å². The first kappa shape index (κ1) is 13.4. The molecule has 2 heterocycles. The average molecular weight is 300 g/mol. The summed E-state index contributed by atoms with van der Waals surface area (Å²) in [7, 11) is 0. The van der Waals surface area contributed by atoms with Gasteiger partial charge >= 0.3 is 5.69 Å². The van der Waals surface area contributed by atoms with E-state index in [4.69, 9.17) is 0 Å². The molecule has 0 aliphatic rings. The van der Waals surface area contributed by atoms with Crippen LogP contribution in [0.2, 0.25) is 0 Å². The summed E-state index contributed by atoms with van der Waals surface area (Å²) in [4.78, 5) is 26.2. The van der Waals surface area contributed by atoms with E-state index in [1.54, 1.807) is 24.3 Å². The van der Waals surface area contributed by atoms with Gasteiger partial charge < -0.3 is 5.11 Å². The highest BCUT2D eigenvalue weighted by Gasteiger charge is 2.15. The topological polar surface area (TPSA) is 75.1 Å². The molecule has 6 heteroatoms. The average Bonchev–Trinajstić information content (AvgIpc) is 2.97. The molecule has 0 unspecified atom stereocenters. The first-order valence-corrected chi connectivity index (χ1v) is 7.23. The Kier molecular flexibility index (Phi) is 3.45. The molecule has 1 aromatic carbocycles. The fourth-order valence-corrected chi connectivity index (χ4v) is 2.80. The maximum Gasteiger partial charge on any atom is 0.331 e. The van der Waals surface area contributed by atoms with Gasteiger partial charge in [0.1, 0.15) is 5.56 Å². The lowest BCUT2D eigenvalue weighted by Crippen LogP contribution is -2.31. The SMILES string of the molecule is O=c1[nH]c(=O)n(Cc2ccsc2)c(O)c1-c1ccccc1. The molecule has 2 N–H and O–H groups in total. The van der Waals surface area contributed by atoms with Gasteiger partial charge in [0.2, 0.25) is 5.88 Å². The molecule has 0 fully saturated rings. The first-order chi connectivity index (χ1) is 10.2. The van der Waals surface area contributed by atoms with Crippen LogP contribution in [-0.4, -0.2) is 14.7 Å². The highest BCUT2D eigenvalue weighted by Crippen LogP contribution is 2.24. The zero-order valence-electron chi connectivity index (χ0n) is 10.9. The number of benzene rings is 1. The summed E-state index contributed by atoms with van der Waals surface area (Å²) in [5.74, 6) is -0.318. The molecule has 106 valence electrons. The minimum atomic E-state index is -0.622. The Morgan fingerprint density at radius 3 is 2.57 bits per heavy atom. The summed E-state index contributed by atoms with van der Waals surface area (Å²) in [6.07, 6.45) is 0. The highest BCUT2D eigenvalue weighted by atomic mass is 32.1. The van der Waals surface area contributed by atoms with Crippen molar-refractivity contribution in [2.45, 2.75) is 6.54 Å². The summed E-state index contributed by atoms with van der Waals surface area (Å²) in [5, 5.41) is 14.1. The smallest absolute Gasteiger partial charge is 0.331 e. The molecule has 2 aromatic heterocycles. The largest absolute Gasteiger partial charge is 0.494 e. The maximum atomic E-state index is 12.0. The van der Waals surface area contributed by atoms with Gasteiger partial charge in [-0.3, -0.25) is 14.3 Å². The molecular weight excluding hydrogens is 288 g/mol. The summed E-state index contributed by atoms with van der Waals surface area (Å²) >= 11 is 1.51. The van der Waals surface area contributed by atoms with Crippen molar-refractivity contribution in [3.8, 4) is 17.0 Å². The van der Waals surface area contributed by atoms with Gasteiger partial charge in [0.05, 0.1) is 6.54 Å². The molecule has 0 atom stereocenters. The Balaban J connectivity index is 2.18. The van der Waals surface area contributed by atoms with E-state index in [2.05, 4.69) is 4.98 Å². The minimum absolute atomic E-state index is 0.102. The van der Waals surface area contributed by atoms with E-state index in [-0.39, 0.29) is 18.0 Å². The number of nitrogens with zero attached hydrogens (tertiary/aromatic N) is 1. The van der Waals surface area contributed by atoms with Crippen molar-refractivity contribution >= 4 is 11.3 Å². The van der Waals surface area contributed by atoms with Gasteiger partial charge in [0, 0.05) is 0 Å².